The third kappa shape index (κ3) is 4.14. The molecule has 1 atom stereocenters. The molecule has 0 spiro atoms. The molecule has 1 heterocycles. The van der Waals surface area contributed by atoms with Crippen LogP contribution >= 0.6 is 0 Å². The molecule has 0 saturated heterocycles. The number of sulfonamides is 1. The summed E-state index contributed by atoms with van der Waals surface area (Å²) in [4.78, 5) is 0. The van der Waals surface area contributed by atoms with Crippen molar-refractivity contribution in [3.05, 3.63) is 78.0 Å². The lowest BCUT2D eigenvalue weighted by molar-refractivity contribution is -0.138. The van der Waals surface area contributed by atoms with E-state index in [9.17, 15) is 21.6 Å². The number of nitrogens with zero attached hydrogens (tertiary/aromatic N) is 1. The Balaban J connectivity index is 1.99. The molecule has 0 saturated carbocycles. The third-order valence-electron chi connectivity index (χ3n) is 4.87. The number of rotatable bonds is 6. The largest absolute Gasteiger partial charge is 0.457 e. The fraction of sp³-hybridized carbons (Fsp3) is 0.238. The summed E-state index contributed by atoms with van der Waals surface area (Å²) in [6.45, 7) is 1.94. The van der Waals surface area contributed by atoms with Crippen LogP contribution in [0.4, 0.5) is 18.9 Å². The van der Waals surface area contributed by atoms with Gasteiger partial charge in [-0.1, -0.05) is 18.2 Å². The minimum atomic E-state index is -4.55. The van der Waals surface area contributed by atoms with Crippen molar-refractivity contribution in [1.29, 1.82) is 0 Å². The van der Waals surface area contributed by atoms with Crippen molar-refractivity contribution in [3.63, 3.8) is 0 Å². The fourth-order valence-corrected chi connectivity index (χ4v) is 4.81. The second kappa shape index (κ2) is 8.25. The second-order valence-corrected chi connectivity index (χ2v) is 9.14. The Morgan fingerprint density at radius 3 is 2.37 bits per heavy atom. The molecule has 2 aromatic rings. The first-order valence-electron chi connectivity index (χ1n) is 9.26. The van der Waals surface area contributed by atoms with Crippen LogP contribution in [0.25, 0.3) is 0 Å². The average Bonchev–Trinajstić information content (AvgIpc) is 2.73. The molecule has 0 amide bonds. The number of nitrogens with two attached hydrogens (primary N) is 1. The first kappa shape index (κ1) is 22.1. The fourth-order valence-electron chi connectivity index (χ4n) is 3.29. The maximum Gasteiger partial charge on any atom is 0.419 e. The molecule has 30 heavy (non-hydrogen) atoms. The van der Waals surface area contributed by atoms with Crippen molar-refractivity contribution in [2.24, 2.45) is 5.73 Å². The number of para-hydroxylation sites is 1. The summed E-state index contributed by atoms with van der Waals surface area (Å²) in [5, 5.41) is 0. The molecule has 1 aliphatic heterocycles. The molecular weight excluding hydrogens is 417 g/mol. The van der Waals surface area contributed by atoms with Crippen LogP contribution < -0.4 is 14.4 Å². The highest BCUT2D eigenvalue weighted by Crippen LogP contribution is 2.39. The molecule has 0 fully saturated rings. The minimum Gasteiger partial charge on any atom is -0.457 e. The number of halogens is 3. The van der Waals surface area contributed by atoms with Gasteiger partial charge in [0.15, 0.2) is 5.69 Å². The molecule has 9 heteroatoms. The van der Waals surface area contributed by atoms with Crippen LogP contribution in [0.3, 0.4) is 0 Å². The number of hydrogen-bond acceptors (Lipinski definition) is 4. The minimum absolute atomic E-state index is 0.0909. The van der Waals surface area contributed by atoms with Crippen LogP contribution in [0.5, 0.6) is 11.5 Å². The van der Waals surface area contributed by atoms with Gasteiger partial charge in [0.2, 0.25) is 0 Å². The van der Waals surface area contributed by atoms with E-state index < -0.39 is 25.7 Å². The molecule has 0 aliphatic carbocycles. The summed E-state index contributed by atoms with van der Waals surface area (Å²) in [5.41, 5.74) is 5.95. The summed E-state index contributed by atoms with van der Waals surface area (Å²) < 4.78 is 70.5. The van der Waals surface area contributed by atoms with E-state index in [1.165, 1.54) is 30.3 Å². The number of alkyl halides is 3. The van der Waals surface area contributed by atoms with Gasteiger partial charge in [-0.2, -0.15) is 25.5 Å². The van der Waals surface area contributed by atoms with Crippen molar-refractivity contribution < 1.29 is 26.3 Å². The van der Waals surface area contributed by atoms with Gasteiger partial charge in [-0.15, -0.1) is 0 Å². The predicted octanol–water partition coefficient (Wildman–Crippen LogP) is 4.57. The van der Waals surface area contributed by atoms with E-state index in [1.807, 2.05) is 0 Å². The zero-order valence-electron chi connectivity index (χ0n) is 16.3. The van der Waals surface area contributed by atoms with E-state index in [-0.39, 0.29) is 30.3 Å². The van der Waals surface area contributed by atoms with Gasteiger partial charge in [-0.25, -0.2) is 0 Å². The van der Waals surface area contributed by atoms with Crippen LogP contribution in [-0.2, 0) is 16.2 Å². The van der Waals surface area contributed by atoms with E-state index in [0.717, 1.165) is 6.07 Å². The number of ether oxygens (including phenoxy) is 1. The van der Waals surface area contributed by atoms with Gasteiger partial charge in [0.1, 0.15) is 24.2 Å². The molecule has 2 N–H and O–H groups in total. The highest BCUT2D eigenvalue weighted by molar-refractivity contribution is 7.91. The summed E-state index contributed by atoms with van der Waals surface area (Å²) in [7, 11) is -3.61. The molecule has 0 aromatic heterocycles. The van der Waals surface area contributed by atoms with Gasteiger partial charge in [0, 0.05) is 24.3 Å². The topological polar surface area (TPSA) is 69.4 Å². The lowest BCUT2D eigenvalue weighted by Gasteiger charge is -2.34. The quantitative estimate of drug-likeness (QED) is 0.670. The van der Waals surface area contributed by atoms with Crippen molar-refractivity contribution in [2.75, 3.05) is 18.8 Å². The normalized spacial score (nSPS) is 19.4. The Morgan fingerprint density at radius 1 is 1.10 bits per heavy atom. The third-order valence-corrected chi connectivity index (χ3v) is 7.06. The molecule has 1 unspecified atom stereocenters. The molecule has 0 bridgehead atoms. The van der Waals surface area contributed by atoms with Gasteiger partial charge in [0.25, 0.3) is 0 Å². The molecule has 160 valence electrons. The first-order chi connectivity index (χ1) is 14.1. The van der Waals surface area contributed by atoms with Crippen LogP contribution in [0.1, 0.15) is 12.5 Å². The molecule has 2 aromatic carbocycles. The standard InChI is InChI=1S/C21H22F3N2O3S/c1-2-30(27,28)26(13-5-6-16(14-25)15-26)17-9-11-18(12-10-17)29-20-8-4-3-7-19(20)21(22,23)24/h3-12,15H,2,13-14,25H2,1H3/q+1. The maximum absolute atomic E-state index is 13.2. The average molecular weight is 439 g/mol. The molecule has 5 nitrogen and oxygen atoms in total. The van der Waals surface area contributed by atoms with Gasteiger partial charge in [0.05, 0.1) is 11.3 Å². The first-order valence-corrected chi connectivity index (χ1v) is 10.9. The van der Waals surface area contributed by atoms with E-state index in [4.69, 9.17) is 10.5 Å². The number of quaternary nitrogens is 1. The van der Waals surface area contributed by atoms with E-state index in [1.54, 1.807) is 37.4 Å². The van der Waals surface area contributed by atoms with Crippen LogP contribution in [0.2, 0.25) is 0 Å². The highest BCUT2D eigenvalue weighted by atomic mass is 32.2. The Hall–Kier alpha value is -2.62. The molecule has 3 rings (SSSR count). The Morgan fingerprint density at radius 2 is 1.77 bits per heavy atom. The van der Waals surface area contributed by atoms with Crippen molar-refractivity contribution >= 4 is 15.7 Å². The zero-order valence-corrected chi connectivity index (χ0v) is 17.1. The smallest absolute Gasteiger partial charge is 0.419 e. The monoisotopic (exact) mass is 439 g/mol. The molecule has 0 radical (unpaired) electrons. The van der Waals surface area contributed by atoms with Crippen LogP contribution in [0, 0.1) is 0 Å². The van der Waals surface area contributed by atoms with E-state index >= 15 is 0 Å². The Kier molecular flexibility index (Phi) is 6.07. The molecular formula is C21H22F3N2O3S+. The number of benzene rings is 2. The van der Waals surface area contributed by atoms with Crippen molar-refractivity contribution in [2.45, 2.75) is 13.1 Å². The Bertz CT molecular complexity index is 1080. The zero-order chi connectivity index (χ0) is 22.0. The van der Waals surface area contributed by atoms with Crippen molar-refractivity contribution in [3.8, 4) is 11.5 Å². The molecule has 1 aliphatic rings. The lowest BCUT2D eigenvalue weighted by Crippen LogP contribution is -2.51. The van der Waals surface area contributed by atoms with Gasteiger partial charge in [-0.05, 0) is 37.3 Å². The van der Waals surface area contributed by atoms with Crippen LogP contribution in [-0.4, -0.2) is 27.3 Å². The summed E-state index contributed by atoms with van der Waals surface area (Å²) in [6.07, 6.45) is 0.588. The SMILES string of the molecule is CCS(=O)(=O)[N+]1(c2ccc(Oc3ccccc3C(F)(F)F)cc2)C=C(CN)C=CC1. The van der Waals surface area contributed by atoms with E-state index in [0.29, 0.717) is 11.3 Å². The summed E-state index contributed by atoms with van der Waals surface area (Å²) in [6, 6.07) is 10.9. The number of hydrogen-bond donors (Lipinski definition) is 1. The Labute approximate surface area is 173 Å². The summed E-state index contributed by atoms with van der Waals surface area (Å²) in [5.74, 6) is -0.251. The summed E-state index contributed by atoms with van der Waals surface area (Å²) >= 11 is 0. The highest BCUT2D eigenvalue weighted by Gasteiger charge is 2.42. The van der Waals surface area contributed by atoms with Crippen molar-refractivity contribution in [1.82, 2.24) is 3.89 Å². The maximum atomic E-state index is 13.2. The van der Waals surface area contributed by atoms with E-state index in [2.05, 4.69) is 0 Å². The van der Waals surface area contributed by atoms with Gasteiger partial charge in [-0.3, -0.25) is 0 Å². The predicted molar refractivity (Wildman–Crippen MR) is 110 cm³/mol. The van der Waals surface area contributed by atoms with Gasteiger partial charge >= 0.3 is 16.2 Å². The second-order valence-electron chi connectivity index (χ2n) is 6.75. The van der Waals surface area contributed by atoms with Crippen LogP contribution in [0.15, 0.2) is 72.5 Å². The van der Waals surface area contributed by atoms with Gasteiger partial charge < -0.3 is 10.5 Å². The lowest BCUT2D eigenvalue weighted by atomic mass is 10.1.